The van der Waals surface area contributed by atoms with E-state index in [0.717, 1.165) is 16.9 Å². The maximum absolute atomic E-state index is 13.6. The average molecular weight is 479 g/mol. The average Bonchev–Trinajstić information content (AvgIpc) is 3.30. The summed E-state index contributed by atoms with van der Waals surface area (Å²) in [6.07, 6.45) is 0.862. The Morgan fingerprint density at radius 2 is 1.79 bits per heavy atom. The minimum Gasteiger partial charge on any atom is -0.330 e. The first kappa shape index (κ1) is 23.6. The molecule has 6 heteroatoms. The Kier molecular flexibility index (Phi) is 7.56. The third kappa shape index (κ3) is 5.33. The number of aryl methyl sites for hydroxylation is 1. The Bertz CT molecular complexity index is 1110. The highest BCUT2D eigenvalue weighted by molar-refractivity contribution is 8.00. The Hall–Kier alpha value is -2.57. The molecule has 1 aliphatic heterocycles. The highest BCUT2D eigenvalue weighted by Crippen LogP contribution is 2.39. The molecule has 1 aliphatic rings. The molecule has 2 amide bonds. The number of fused-ring (bicyclic) bond motifs is 1. The summed E-state index contributed by atoms with van der Waals surface area (Å²) in [7, 11) is 0. The Morgan fingerprint density at radius 1 is 1.06 bits per heavy atom. The summed E-state index contributed by atoms with van der Waals surface area (Å²) in [4.78, 5) is 32.8. The Morgan fingerprint density at radius 3 is 2.52 bits per heavy atom. The zero-order valence-corrected chi connectivity index (χ0v) is 21.0. The molecule has 1 unspecified atom stereocenters. The third-order valence-corrected chi connectivity index (χ3v) is 8.12. The van der Waals surface area contributed by atoms with Crippen molar-refractivity contribution in [2.24, 2.45) is 0 Å². The van der Waals surface area contributed by atoms with E-state index >= 15 is 0 Å². The van der Waals surface area contributed by atoms with E-state index < -0.39 is 0 Å². The van der Waals surface area contributed by atoms with Crippen LogP contribution in [0.1, 0.15) is 41.5 Å². The second kappa shape index (κ2) is 10.6. The first-order chi connectivity index (χ1) is 16.0. The molecule has 2 aromatic carbocycles. The number of rotatable bonds is 7. The molecule has 2 heterocycles. The van der Waals surface area contributed by atoms with Crippen LogP contribution in [0.2, 0.25) is 0 Å². The number of thioether (sulfide) groups is 1. The highest BCUT2D eigenvalue weighted by Gasteiger charge is 2.34. The summed E-state index contributed by atoms with van der Waals surface area (Å²) < 4.78 is 0. The van der Waals surface area contributed by atoms with Gasteiger partial charge in [-0.05, 0) is 67.5 Å². The summed E-state index contributed by atoms with van der Waals surface area (Å²) >= 11 is 3.28. The molecule has 172 valence electrons. The maximum atomic E-state index is 13.6. The third-order valence-electron chi connectivity index (χ3n) is 6.12. The molecule has 4 nitrogen and oxygen atoms in total. The van der Waals surface area contributed by atoms with Gasteiger partial charge >= 0.3 is 0 Å². The number of benzene rings is 2. The second-order valence-electron chi connectivity index (χ2n) is 8.61. The smallest absolute Gasteiger partial charge is 0.243 e. The van der Waals surface area contributed by atoms with Crippen LogP contribution in [0.4, 0.5) is 0 Å². The molecule has 1 atom stereocenters. The van der Waals surface area contributed by atoms with E-state index in [-0.39, 0.29) is 30.4 Å². The number of thiophene rings is 1. The van der Waals surface area contributed by atoms with Crippen molar-refractivity contribution in [1.29, 1.82) is 0 Å². The van der Waals surface area contributed by atoms with E-state index in [1.54, 1.807) is 16.2 Å². The lowest BCUT2D eigenvalue weighted by Crippen LogP contribution is -2.49. The predicted octanol–water partition coefficient (Wildman–Crippen LogP) is 5.56. The van der Waals surface area contributed by atoms with Crippen molar-refractivity contribution >= 4 is 34.9 Å². The minimum absolute atomic E-state index is 0.00636. The maximum Gasteiger partial charge on any atom is 0.243 e. The first-order valence-corrected chi connectivity index (χ1v) is 13.2. The van der Waals surface area contributed by atoms with Crippen LogP contribution in [0, 0.1) is 6.92 Å². The van der Waals surface area contributed by atoms with Gasteiger partial charge in [-0.25, -0.2) is 0 Å². The number of amides is 2. The molecule has 3 aromatic rings. The molecular weight excluding hydrogens is 448 g/mol. The lowest BCUT2D eigenvalue weighted by atomic mass is 9.90. The molecule has 1 aromatic heterocycles. The molecule has 0 saturated heterocycles. The Labute approximate surface area is 204 Å². The quantitative estimate of drug-likeness (QED) is 0.418. The minimum atomic E-state index is -0.100. The molecule has 4 rings (SSSR count). The summed E-state index contributed by atoms with van der Waals surface area (Å²) in [6, 6.07) is 20.2. The van der Waals surface area contributed by atoms with Crippen LogP contribution in [-0.4, -0.2) is 46.5 Å². The molecule has 0 saturated carbocycles. The van der Waals surface area contributed by atoms with Crippen LogP contribution in [0.15, 0.2) is 70.9 Å². The molecule has 0 spiro atoms. The summed E-state index contributed by atoms with van der Waals surface area (Å²) in [5.74, 6) is 0.325. The van der Waals surface area contributed by atoms with Gasteiger partial charge in [0, 0.05) is 22.4 Å². The van der Waals surface area contributed by atoms with Gasteiger partial charge in [-0.2, -0.15) is 0 Å². The van der Waals surface area contributed by atoms with Gasteiger partial charge in [0.15, 0.2) is 0 Å². The fourth-order valence-electron chi connectivity index (χ4n) is 4.35. The Balaban J connectivity index is 1.53. The van der Waals surface area contributed by atoms with Crippen molar-refractivity contribution < 1.29 is 9.59 Å². The SMILES string of the molecule is Cc1ccccc1C1c2ccsc2CCN1C(=O)CN(C(=O)CSc1ccccc1)C(C)C. The van der Waals surface area contributed by atoms with Crippen molar-refractivity contribution in [3.05, 3.63) is 87.6 Å². The van der Waals surface area contributed by atoms with Crippen molar-refractivity contribution in [2.45, 2.75) is 44.2 Å². The number of carbonyl (C=O) groups excluding carboxylic acids is 2. The van der Waals surface area contributed by atoms with Crippen LogP contribution in [0.5, 0.6) is 0 Å². The zero-order valence-electron chi connectivity index (χ0n) is 19.4. The van der Waals surface area contributed by atoms with Crippen molar-refractivity contribution in [3.63, 3.8) is 0 Å². The predicted molar refractivity (Wildman–Crippen MR) is 137 cm³/mol. The van der Waals surface area contributed by atoms with Gasteiger partial charge in [0.1, 0.15) is 6.54 Å². The molecule has 0 N–H and O–H groups in total. The second-order valence-corrected chi connectivity index (χ2v) is 10.7. The lowest BCUT2D eigenvalue weighted by Gasteiger charge is -2.38. The number of hydrogen-bond acceptors (Lipinski definition) is 4. The van der Waals surface area contributed by atoms with Gasteiger partial charge in [0.25, 0.3) is 0 Å². The number of carbonyl (C=O) groups is 2. The van der Waals surface area contributed by atoms with Gasteiger partial charge in [0.05, 0.1) is 11.8 Å². The zero-order chi connectivity index (χ0) is 23.4. The normalized spacial score (nSPS) is 15.4. The molecule has 0 aliphatic carbocycles. The fourth-order valence-corrected chi connectivity index (χ4v) is 6.06. The van der Waals surface area contributed by atoms with Gasteiger partial charge in [-0.15, -0.1) is 23.1 Å². The van der Waals surface area contributed by atoms with Crippen molar-refractivity contribution in [3.8, 4) is 0 Å². The van der Waals surface area contributed by atoms with Crippen LogP contribution in [0.25, 0.3) is 0 Å². The number of hydrogen-bond donors (Lipinski definition) is 0. The lowest BCUT2D eigenvalue weighted by molar-refractivity contribution is -0.141. The first-order valence-electron chi connectivity index (χ1n) is 11.3. The van der Waals surface area contributed by atoms with Crippen LogP contribution < -0.4 is 0 Å². The topological polar surface area (TPSA) is 40.6 Å². The van der Waals surface area contributed by atoms with Gasteiger partial charge in [-0.1, -0.05) is 42.5 Å². The van der Waals surface area contributed by atoms with Gasteiger partial charge < -0.3 is 9.80 Å². The van der Waals surface area contributed by atoms with Gasteiger partial charge in [0.2, 0.25) is 11.8 Å². The summed E-state index contributed by atoms with van der Waals surface area (Å²) in [5, 5.41) is 2.12. The standard InChI is InChI=1S/C27H30N2O2S2/c1-19(2)29(26(31)18-33-21-10-5-4-6-11-21)17-25(30)28-15-13-24-23(14-16-32-24)27(28)22-12-8-7-9-20(22)3/h4-12,14,16,19,27H,13,15,17-18H2,1-3H3. The van der Waals surface area contributed by atoms with E-state index in [2.05, 4.69) is 30.5 Å². The largest absolute Gasteiger partial charge is 0.330 e. The summed E-state index contributed by atoms with van der Waals surface area (Å²) in [5.41, 5.74) is 3.55. The molecule has 0 radical (unpaired) electrons. The molecule has 33 heavy (non-hydrogen) atoms. The van der Waals surface area contributed by atoms with Gasteiger partial charge in [-0.3, -0.25) is 9.59 Å². The number of nitrogens with zero attached hydrogens (tertiary/aromatic N) is 2. The highest BCUT2D eigenvalue weighted by atomic mass is 32.2. The van der Waals surface area contributed by atoms with E-state index in [9.17, 15) is 9.59 Å². The van der Waals surface area contributed by atoms with E-state index in [0.29, 0.717) is 12.3 Å². The van der Waals surface area contributed by atoms with Crippen molar-refractivity contribution in [2.75, 3.05) is 18.8 Å². The monoisotopic (exact) mass is 478 g/mol. The summed E-state index contributed by atoms with van der Waals surface area (Å²) in [6.45, 7) is 6.83. The van der Waals surface area contributed by atoms with E-state index in [1.807, 2.05) is 61.2 Å². The fraction of sp³-hybridized carbons (Fsp3) is 0.333. The van der Waals surface area contributed by atoms with Crippen LogP contribution in [-0.2, 0) is 16.0 Å². The van der Waals surface area contributed by atoms with E-state index in [1.165, 1.54) is 27.8 Å². The van der Waals surface area contributed by atoms with E-state index in [4.69, 9.17) is 0 Å². The molecular formula is C27H30N2O2S2. The molecule has 0 bridgehead atoms. The van der Waals surface area contributed by atoms with Crippen LogP contribution in [0.3, 0.4) is 0 Å². The van der Waals surface area contributed by atoms with Crippen LogP contribution >= 0.6 is 23.1 Å². The molecule has 0 fully saturated rings. The van der Waals surface area contributed by atoms with Crippen molar-refractivity contribution in [1.82, 2.24) is 9.80 Å².